The summed E-state index contributed by atoms with van der Waals surface area (Å²) >= 11 is 0. The number of benzene rings is 3. The van der Waals surface area contributed by atoms with E-state index in [0.29, 0.717) is 0 Å². The minimum Gasteiger partial charge on any atom is -0.857 e. The number of hydrogen-bond donors (Lipinski definition) is 0. The van der Waals surface area contributed by atoms with Gasteiger partial charge < -0.3 is 5.11 Å². The van der Waals surface area contributed by atoms with Crippen LogP contribution in [0.3, 0.4) is 0 Å². The molecule has 0 N–H and O–H groups in total. The zero-order valence-electron chi connectivity index (χ0n) is 12.3. The first kappa shape index (κ1) is 18.6. The molecule has 116 valence electrons. The first-order chi connectivity index (χ1) is 10.4. The maximum absolute atomic E-state index is 8.25. The van der Waals surface area contributed by atoms with Crippen LogP contribution in [0.1, 0.15) is 0 Å². The molecule has 0 radical (unpaired) electrons. The van der Waals surface area contributed by atoms with E-state index in [2.05, 4.69) is 91.0 Å². The first-order valence-electron chi connectivity index (χ1n) is 6.81. The Morgan fingerprint density at radius 2 is 0.727 bits per heavy atom. The molecule has 0 unspecified atom stereocenters. The monoisotopic (exact) mass is 356 g/mol. The van der Waals surface area contributed by atoms with Gasteiger partial charge in [0.1, 0.15) is 0 Å². The summed E-state index contributed by atoms with van der Waals surface area (Å²) in [6, 6.07) is 32.3. The van der Waals surface area contributed by atoms with Crippen molar-refractivity contribution in [1.82, 2.24) is 0 Å². The standard InChI is InChI=1S/C18H15P.CH3O.Cu/c1-4-10-16(11-5-1)19(17-12-6-2-7-13-17)18-14-8-3-9-15-18;1-2;/h1-15H;1H3;/q;-1;+1. The van der Waals surface area contributed by atoms with Gasteiger partial charge in [-0.15, -0.1) is 0 Å². The van der Waals surface area contributed by atoms with Crippen LogP contribution in [-0.4, -0.2) is 7.11 Å². The van der Waals surface area contributed by atoms with Crippen molar-refractivity contribution in [3.63, 3.8) is 0 Å². The molecule has 1 nitrogen and oxygen atoms in total. The summed E-state index contributed by atoms with van der Waals surface area (Å²) in [4.78, 5) is 0. The van der Waals surface area contributed by atoms with E-state index in [9.17, 15) is 0 Å². The Morgan fingerprint density at radius 1 is 0.500 bits per heavy atom. The van der Waals surface area contributed by atoms with Gasteiger partial charge in [0.2, 0.25) is 0 Å². The van der Waals surface area contributed by atoms with Crippen LogP contribution in [0.2, 0.25) is 0 Å². The average Bonchev–Trinajstić information content (AvgIpc) is 2.60. The maximum atomic E-state index is 8.25. The molecule has 0 aliphatic rings. The number of hydrogen-bond acceptors (Lipinski definition) is 1. The summed E-state index contributed by atoms with van der Waals surface area (Å²) in [5, 5.41) is 12.4. The molecule has 0 bridgehead atoms. The van der Waals surface area contributed by atoms with E-state index >= 15 is 0 Å². The van der Waals surface area contributed by atoms with Crippen LogP contribution in [0.4, 0.5) is 0 Å². The first-order valence-corrected chi connectivity index (χ1v) is 8.15. The van der Waals surface area contributed by atoms with Gasteiger partial charge in [-0.25, -0.2) is 0 Å². The van der Waals surface area contributed by atoms with Crippen molar-refractivity contribution in [3.05, 3.63) is 91.0 Å². The molecule has 0 aliphatic carbocycles. The van der Waals surface area contributed by atoms with Crippen molar-refractivity contribution in [2.75, 3.05) is 7.11 Å². The Balaban J connectivity index is 0.000000775. The molecule has 3 aromatic rings. The Bertz CT molecular complexity index is 535. The van der Waals surface area contributed by atoms with Crippen LogP contribution in [0, 0.1) is 0 Å². The van der Waals surface area contributed by atoms with Crippen LogP contribution in [0.5, 0.6) is 0 Å². The fourth-order valence-electron chi connectivity index (χ4n) is 2.18. The second-order valence-electron chi connectivity index (χ2n) is 4.34. The molecule has 0 heterocycles. The zero-order chi connectivity index (χ0) is 14.9. The van der Waals surface area contributed by atoms with E-state index in [-0.39, 0.29) is 17.1 Å². The fraction of sp³-hybridized carbons (Fsp3) is 0.0526. The SMILES string of the molecule is C[O-].[Cu+].c1ccc(P(c2ccccc2)c2ccccc2)cc1. The van der Waals surface area contributed by atoms with Gasteiger partial charge in [-0.05, 0) is 23.8 Å². The molecule has 0 atom stereocenters. The Kier molecular flexibility index (Phi) is 8.73. The van der Waals surface area contributed by atoms with Gasteiger partial charge in [-0.1, -0.05) is 91.0 Å². The van der Waals surface area contributed by atoms with E-state index in [1.165, 1.54) is 15.9 Å². The van der Waals surface area contributed by atoms with Crippen LogP contribution in [0.25, 0.3) is 0 Å². The minimum atomic E-state index is -0.446. The molecule has 3 rings (SSSR count). The molecule has 0 aromatic heterocycles. The van der Waals surface area contributed by atoms with Crippen LogP contribution in [0.15, 0.2) is 91.0 Å². The summed E-state index contributed by atoms with van der Waals surface area (Å²) in [7, 11) is 0.304. The molecule has 0 saturated heterocycles. The van der Waals surface area contributed by atoms with Gasteiger partial charge >= 0.3 is 17.1 Å². The summed E-state index contributed by atoms with van der Waals surface area (Å²) in [6.07, 6.45) is 0. The van der Waals surface area contributed by atoms with E-state index in [1.54, 1.807) is 0 Å². The summed E-state index contributed by atoms with van der Waals surface area (Å²) in [5.41, 5.74) is 0. The van der Waals surface area contributed by atoms with Gasteiger partial charge in [-0.2, -0.15) is 7.11 Å². The average molecular weight is 357 g/mol. The fourth-order valence-corrected chi connectivity index (χ4v) is 4.48. The topological polar surface area (TPSA) is 23.1 Å². The molecule has 3 heteroatoms. The van der Waals surface area contributed by atoms with Gasteiger partial charge in [0.15, 0.2) is 0 Å². The molecule has 0 spiro atoms. The summed E-state index contributed by atoms with van der Waals surface area (Å²) < 4.78 is 0. The quantitative estimate of drug-likeness (QED) is 0.522. The van der Waals surface area contributed by atoms with Crippen LogP contribution in [-0.2, 0) is 17.1 Å². The predicted octanol–water partition coefficient (Wildman–Crippen LogP) is 2.42. The molecule has 22 heavy (non-hydrogen) atoms. The molecular weight excluding hydrogens is 339 g/mol. The zero-order valence-corrected chi connectivity index (χ0v) is 14.2. The smallest absolute Gasteiger partial charge is 0.857 e. The van der Waals surface area contributed by atoms with Gasteiger partial charge in [-0.3, -0.25) is 0 Å². The molecule has 3 aromatic carbocycles. The predicted molar refractivity (Wildman–Crippen MR) is 91.1 cm³/mol. The van der Waals surface area contributed by atoms with Crippen molar-refractivity contribution < 1.29 is 22.2 Å². The Morgan fingerprint density at radius 3 is 0.955 bits per heavy atom. The largest absolute Gasteiger partial charge is 1.00 e. The van der Waals surface area contributed by atoms with E-state index in [0.717, 1.165) is 7.11 Å². The summed E-state index contributed by atoms with van der Waals surface area (Å²) in [5.74, 6) is 0. The van der Waals surface area contributed by atoms with Gasteiger partial charge in [0.25, 0.3) is 0 Å². The molecule has 0 aliphatic heterocycles. The van der Waals surface area contributed by atoms with E-state index in [4.69, 9.17) is 5.11 Å². The van der Waals surface area contributed by atoms with Crippen LogP contribution >= 0.6 is 7.92 Å². The van der Waals surface area contributed by atoms with Crippen LogP contribution < -0.4 is 21.0 Å². The maximum Gasteiger partial charge on any atom is 1.00 e. The third-order valence-electron chi connectivity index (χ3n) is 3.04. The third-order valence-corrected chi connectivity index (χ3v) is 5.49. The molecular formula is C19H18CuOP. The second kappa shape index (κ2) is 10.3. The Hall–Kier alpha value is -1.43. The summed E-state index contributed by atoms with van der Waals surface area (Å²) in [6.45, 7) is 0. The molecule has 0 amide bonds. The van der Waals surface area contributed by atoms with Gasteiger partial charge in [0.05, 0.1) is 0 Å². The minimum absolute atomic E-state index is 0. The van der Waals surface area contributed by atoms with Gasteiger partial charge in [0, 0.05) is 0 Å². The molecule has 0 fully saturated rings. The van der Waals surface area contributed by atoms with Crippen molar-refractivity contribution in [2.45, 2.75) is 0 Å². The Labute approximate surface area is 144 Å². The van der Waals surface area contributed by atoms with Crippen molar-refractivity contribution in [3.8, 4) is 0 Å². The molecule has 0 saturated carbocycles. The van der Waals surface area contributed by atoms with E-state index < -0.39 is 7.92 Å². The van der Waals surface area contributed by atoms with E-state index in [1.807, 2.05) is 0 Å². The van der Waals surface area contributed by atoms with Crippen molar-refractivity contribution in [1.29, 1.82) is 0 Å². The van der Waals surface area contributed by atoms with Crippen molar-refractivity contribution >= 4 is 23.8 Å². The second-order valence-corrected chi connectivity index (χ2v) is 6.56. The normalized spacial score (nSPS) is 9.41. The van der Waals surface area contributed by atoms with Crippen molar-refractivity contribution in [2.24, 2.45) is 0 Å². The third kappa shape index (κ3) is 4.80. The number of rotatable bonds is 3.